The molecule has 0 saturated heterocycles. The van der Waals surface area contributed by atoms with Gasteiger partial charge in [0.15, 0.2) is 0 Å². The fourth-order valence-electron chi connectivity index (χ4n) is 1.02. The van der Waals surface area contributed by atoms with Gasteiger partial charge in [-0.1, -0.05) is 13.3 Å². The van der Waals surface area contributed by atoms with Crippen LogP contribution in [0.4, 0.5) is 0 Å². The van der Waals surface area contributed by atoms with Crippen molar-refractivity contribution < 1.29 is 9.53 Å². The molecule has 84 valence electrons. The zero-order chi connectivity index (χ0) is 10.6. The van der Waals surface area contributed by atoms with E-state index in [1.54, 1.807) is 7.11 Å². The Morgan fingerprint density at radius 1 is 1.29 bits per heavy atom. The van der Waals surface area contributed by atoms with E-state index >= 15 is 0 Å². The highest BCUT2D eigenvalue weighted by Gasteiger charge is 1.97. The summed E-state index contributed by atoms with van der Waals surface area (Å²) in [5.74, 6) is 0.153. The summed E-state index contributed by atoms with van der Waals surface area (Å²) >= 11 is 0. The minimum atomic E-state index is 0.153. The Balaban J connectivity index is 3.07. The molecule has 4 nitrogen and oxygen atoms in total. The number of carbonyl (C=O) groups excluding carboxylic acids is 1. The second-order valence-corrected chi connectivity index (χ2v) is 3.20. The van der Waals surface area contributed by atoms with Crippen LogP contribution in [-0.4, -0.2) is 39.3 Å². The van der Waals surface area contributed by atoms with E-state index in [1.807, 2.05) is 0 Å². The quantitative estimate of drug-likeness (QED) is 0.536. The van der Waals surface area contributed by atoms with Crippen molar-refractivity contribution in [3.05, 3.63) is 0 Å². The van der Waals surface area contributed by atoms with Crippen molar-refractivity contribution in [2.75, 3.05) is 33.4 Å². The van der Waals surface area contributed by atoms with Crippen molar-refractivity contribution in [2.24, 2.45) is 0 Å². The summed E-state index contributed by atoms with van der Waals surface area (Å²) in [6.07, 6.45) is 2.69. The Morgan fingerprint density at radius 3 is 2.71 bits per heavy atom. The predicted octanol–water partition coefficient (Wildman–Crippen LogP) is 0.529. The van der Waals surface area contributed by atoms with Crippen LogP contribution in [0.25, 0.3) is 0 Å². The Hall–Kier alpha value is -0.610. The summed E-state index contributed by atoms with van der Waals surface area (Å²) < 4.78 is 4.87. The first-order valence-electron chi connectivity index (χ1n) is 5.27. The van der Waals surface area contributed by atoms with Crippen LogP contribution in [0.3, 0.4) is 0 Å². The van der Waals surface area contributed by atoms with Crippen molar-refractivity contribution in [1.29, 1.82) is 0 Å². The highest BCUT2D eigenvalue weighted by Crippen LogP contribution is 1.92. The standard InChI is InChI=1S/C10H22N2O2/c1-3-4-5-10(13)12-7-6-11-8-9-14-2/h11H,3-9H2,1-2H3,(H,12,13). The van der Waals surface area contributed by atoms with E-state index in [0.29, 0.717) is 19.6 Å². The maximum absolute atomic E-state index is 11.1. The lowest BCUT2D eigenvalue weighted by atomic mass is 10.2. The van der Waals surface area contributed by atoms with Gasteiger partial charge < -0.3 is 15.4 Å². The zero-order valence-corrected chi connectivity index (χ0v) is 9.27. The lowest BCUT2D eigenvalue weighted by Gasteiger charge is -2.05. The third-order valence-corrected chi connectivity index (χ3v) is 1.86. The van der Waals surface area contributed by atoms with Crippen LogP contribution < -0.4 is 10.6 Å². The van der Waals surface area contributed by atoms with E-state index in [4.69, 9.17) is 4.74 Å². The Bertz CT molecular complexity index is 140. The molecule has 0 fully saturated rings. The number of amides is 1. The predicted molar refractivity (Wildman–Crippen MR) is 57.3 cm³/mol. The smallest absolute Gasteiger partial charge is 0.220 e. The van der Waals surface area contributed by atoms with Crippen molar-refractivity contribution in [3.8, 4) is 0 Å². The maximum Gasteiger partial charge on any atom is 0.220 e. The summed E-state index contributed by atoms with van der Waals surface area (Å²) in [5, 5.41) is 6.01. The van der Waals surface area contributed by atoms with Gasteiger partial charge in [0.25, 0.3) is 0 Å². The van der Waals surface area contributed by atoms with Gasteiger partial charge in [0.1, 0.15) is 0 Å². The first-order chi connectivity index (χ1) is 6.81. The molecule has 0 unspecified atom stereocenters. The van der Waals surface area contributed by atoms with E-state index < -0.39 is 0 Å². The minimum Gasteiger partial charge on any atom is -0.383 e. The van der Waals surface area contributed by atoms with Crippen LogP contribution >= 0.6 is 0 Å². The van der Waals surface area contributed by atoms with Gasteiger partial charge in [-0.05, 0) is 6.42 Å². The molecule has 0 bridgehead atoms. The largest absolute Gasteiger partial charge is 0.383 e. The normalized spacial score (nSPS) is 10.1. The SMILES string of the molecule is CCCCC(=O)NCCNCCOC. The van der Waals surface area contributed by atoms with Crippen molar-refractivity contribution in [2.45, 2.75) is 26.2 Å². The number of carbonyl (C=O) groups is 1. The topological polar surface area (TPSA) is 50.4 Å². The molecule has 0 radical (unpaired) electrons. The fourth-order valence-corrected chi connectivity index (χ4v) is 1.02. The molecule has 1 amide bonds. The van der Waals surface area contributed by atoms with Gasteiger partial charge in [-0.15, -0.1) is 0 Å². The first-order valence-corrected chi connectivity index (χ1v) is 5.27. The molecule has 0 aromatic heterocycles. The Morgan fingerprint density at radius 2 is 2.07 bits per heavy atom. The Labute approximate surface area is 86.4 Å². The summed E-state index contributed by atoms with van der Waals surface area (Å²) in [7, 11) is 1.67. The van der Waals surface area contributed by atoms with E-state index in [-0.39, 0.29) is 5.91 Å². The molecule has 0 aromatic carbocycles. The molecule has 0 aliphatic carbocycles. The molecule has 0 saturated carbocycles. The van der Waals surface area contributed by atoms with Crippen molar-refractivity contribution in [1.82, 2.24) is 10.6 Å². The third kappa shape index (κ3) is 9.48. The minimum absolute atomic E-state index is 0.153. The average Bonchev–Trinajstić information content (AvgIpc) is 2.20. The number of nitrogens with one attached hydrogen (secondary N) is 2. The van der Waals surface area contributed by atoms with Gasteiger partial charge in [0, 0.05) is 33.2 Å². The summed E-state index contributed by atoms with van der Waals surface area (Å²) in [5.41, 5.74) is 0. The van der Waals surface area contributed by atoms with E-state index in [9.17, 15) is 4.79 Å². The first kappa shape index (κ1) is 13.4. The van der Waals surface area contributed by atoms with Crippen LogP contribution in [0.15, 0.2) is 0 Å². The van der Waals surface area contributed by atoms with Crippen LogP contribution in [0, 0.1) is 0 Å². The molecule has 14 heavy (non-hydrogen) atoms. The number of unbranched alkanes of at least 4 members (excludes halogenated alkanes) is 1. The third-order valence-electron chi connectivity index (χ3n) is 1.86. The highest BCUT2D eigenvalue weighted by molar-refractivity contribution is 5.75. The number of hydrogen-bond donors (Lipinski definition) is 2. The zero-order valence-electron chi connectivity index (χ0n) is 9.27. The van der Waals surface area contributed by atoms with Gasteiger partial charge in [0.2, 0.25) is 5.91 Å². The summed E-state index contributed by atoms with van der Waals surface area (Å²) in [6.45, 7) is 5.14. The molecule has 0 aliphatic rings. The lowest BCUT2D eigenvalue weighted by molar-refractivity contribution is -0.121. The molecule has 2 N–H and O–H groups in total. The monoisotopic (exact) mass is 202 g/mol. The van der Waals surface area contributed by atoms with Crippen LogP contribution in [0.2, 0.25) is 0 Å². The van der Waals surface area contributed by atoms with Crippen LogP contribution in [0.1, 0.15) is 26.2 Å². The highest BCUT2D eigenvalue weighted by atomic mass is 16.5. The number of rotatable bonds is 9. The molecule has 0 aromatic rings. The molecule has 0 aliphatic heterocycles. The van der Waals surface area contributed by atoms with E-state index in [0.717, 1.165) is 25.9 Å². The van der Waals surface area contributed by atoms with E-state index in [1.165, 1.54) is 0 Å². The Kier molecular flexibility index (Phi) is 10.0. The molecule has 0 spiro atoms. The van der Waals surface area contributed by atoms with Crippen molar-refractivity contribution in [3.63, 3.8) is 0 Å². The molecule has 0 rings (SSSR count). The number of ether oxygens (including phenoxy) is 1. The van der Waals surface area contributed by atoms with Gasteiger partial charge in [-0.25, -0.2) is 0 Å². The second kappa shape index (κ2) is 10.5. The van der Waals surface area contributed by atoms with Gasteiger partial charge in [0.05, 0.1) is 6.61 Å². The second-order valence-electron chi connectivity index (χ2n) is 3.20. The van der Waals surface area contributed by atoms with Gasteiger partial charge in [-0.3, -0.25) is 4.79 Å². The van der Waals surface area contributed by atoms with Crippen molar-refractivity contribution >= 4 is 5.91 Å². The van der Waals surface area contributed by atoms with Crippen LogP contribution in [-0.2, 0) is 9.53 Å². The molecular formula is C10H22N2O2. The number of hydrogen-bond acceptors (Lipinski definition) is 3. The summed E-state index contributed by atoms with van der Waals surface area (Å²) in [6, 6.07) is 0. The fraction of sp³-hybridized carbons (Fsp3) is 0.900. The average molecular weight is 202 g/mol. The summed E-state index contributed by atoms with van der Waals surface area (Å²) in [4.78, 5) is 11.1. The molecule has 0 heterocycles. The van der Waals surface area contributed by atoms with Crippen LogP contribution in [0.5, 0.6) is 0 Å². The lowest BCUT2D eigenvalue weighted by Crippen LogP contribution is -2.32. The van der Waals surface area contributed by atoms with E-state index in [2.05, 4.69) is 17.6 Å². The van der Waals surface area contributed by atoms with Gasteiger partial charge >= 0.3 is 0 Å². The maximum atomic E-state index is 11.1. The molecule has 4 heteroatoms. The molecular weight excluding hydrogens is 180 g/mol. The van der Waals surface area contributed by atoms with Gasteiger partial charge in [-0.2, -0.15) is 0 Å². The number of methoxy groups -OCH3 is 1. The molecule has 0 atom stereocenters.